The van der Waals surface area contributed by atoms with Crippen LogP contribution in [0.2, 0.25) is 0 Å². The van der Waals surface area contributed by atoms with Crippen molar-refractivity contribution in [3.05, 3.63) is 18.2 Å². The molecule has 0 saturated heterocycles. The van der Waals surface area contributed by atoms with Gasteiger partial charge in [0.15, 0.2) is 0 Å². The molecule has 0 aliphatic heterocycles. The average molecular weight is 225 g/mol. The number of nitrogens with one attached hydrogen (secondary N) is 1. The second-order valence-electron chi connectivity index (χ2n) is 3.74. The molecule has 0 aliphatic rings. The third-order valence-electron chi connectivity index (χ3n) is 2.36. The molecule has 0 fully saturated rings. The standard InChI is InChI=1S/C11H19N3O2/c1-4-5-9(13-10(15)8-16-3)11-12-6-7-14(11)2/h6-7,9H,4-5,8H2,1-3H3,(H,13,15)/t9-/m0/s1. The number of carbonyl (C=O) groups excluding carboxylic acids is 1. The molecule has 0 aromatic carbocycles. The lowest BCUT2D eigenvalue weighted by molar-refractivity contribution is -0.125. The molecule has 1 amide bonds. The van der Waals surface area contributed by atoms with E-state index in [1.54, 1.807) is 6.20 Å². The van der Waals surface area contributed by atoms with Crippen molar-refractivity contribution < 1.29 is 9.53 Å². The zero-order valence-corrected chi connectivity index (χ0v) is 10.1. The van der Waals surface area contributed by atoms with Gasteiger partial charge < -0.3 is 14.6 Å². The Morgan fingerprint density at radius 2 is 2.44 bits per heavy atom. The van der Waals surface area contributed by atoms with Crippen LogP contribution in [0.5, 0.6) is 0 Å². The fraction of sp³-hybridized carbons (Fsp3) is 0.636. The third kappa shape index (κ3) is 3.34. The summed E-state index contributed by atoms with van der Waals surface area (Å²) in [5.41, 5.74) is 0. The van der Waals surface area contributed by atoms with Crippen molar-refractivity contribution in [1.29, 1.82) is 0 Å². The molecule has 0 unspecified atom stereocenters. The van der Waals surface area contributed by atoms with Crippen molar-refractivity contribution in [3.63, 3.8) is 0 Å². The molecule has 1 N–H and O–H groups in total. The van der Waals surface area contributed by atoms with Gasteiger partial charge in [0.2, 0.25) is 5.91 Å². The fourth-order valence-electron chi connectivity index (χ4n) is 1.63. The van der Waals surface area contributed by atoms with Gasteiger partial charge in [0.25, 0.3) is 0 Å². The Hall–Kier alpha value is -1.36. The van der Waals surface area contributed by atoms with Gasteiger partial charge in [0.05, 0.1) is 6.04 Å². The van der Waals surface area contributed by atoms with Crippen LogP contribution in [0.1, 0.15) is 31.6 Å². The molecule has 16 heavy (non-hydrogen) atoms. The molecule has 0 bridgehead atoms. The SMILES string of the molecule is CCC[C@H](NC(=O)COC)c1nccn1C. The molecule has 0 radical (unpaired) electrons. The van der Waals surface area contributed by atoms with Crippen LogP contribution in [0, 0.1) is 0 Å². The summed E-state index contributed by atoms with van der Waals surface area (Å²) >= 11 is 0. The van der Waals surface area contributed by atoms with Crippen molar-refractivity contribution >= 4 is 5.91 Å². The Labute approximate surface area is 95.8 Å². The van der Waals surface area contributed by atoms with E-state index in [9.17, 15) is 4.79 Å². The van der Waals surface area contributed by atoms with Crippen molar-refractivity contribution in [2.24, 2.45) is 7.05 Å². The number of hydrogen-bond donors (Lipinski definition) is 1. The second kappa shape index (κ2) is 6.27. The molecule has 5 nitrogen and oxygen atoms in total. The number of nitrogens with zero attached hydrogens (tertiary/aromatic N) is 2. The number of aromatic nitrogens is 2. The minimum absolute atomic E-state index is 0.0346. The van der Waals surface area contributed by atoms with Gasteiger partial charge in [-0.25, -0.2) is 4.98 Å². The summed E-state index contributed by atoms with van der Waals surface area (Å²) in [7, 11) is 3.43. The van der Waals surface area contributed by atoms with Gasteiger partial charge in [-0.15, -0.1) is 0 Å². The molecule has 0 spiro atoms. The Kier molecular flexibility index (Phi) is 4.98. The highest BCUT2D eigenvalue weighted by molar-refractivity contribution is 5.77. The smallest absolute Gasteiger partial charge is 0.246 e. The molecule has 90 valence electrons. The maximum Gasteiger partial charge on any atom is 0.246 e. The van der Waals surface area contributed by atoms with Crippen LogP contribution in [-0.2, 0) is 16.6 Å². The molecule has 1 rings (SSSR count). The van der Waals surface area contributed by atoms with Crippen LogP contribution in [0.4, 0.5) is 0 Å². The molecular weight excluding hydrogens is 206 g/mol. The lowest BCUT2D eigenvalue weighted by Crippen LogP contribution is -2.32. The second-order valence-corrected chi connectivity index (χ2v) is 3.74. The highest BCUT2D eigenvalue weighted by Crippen LogP contribution is 2.15. The van der Waals surface area contributed by atoms with Crippen LogP contribution >= 0.6 is 0 Å². The summed E-state index contributed by atoms with van der Waals surface area (Å²) in [6.07, 6.45) is 5.48. The Morgan fingerprint density at radius 3 is 2.94 bits per heavy atom. The summed E-state index contributed by atoms with van der Waals surface area (Å²) < 4.78 is 6.72. The predicted octanol–water partition coefficient (Wildman–Crippen LogP) is 1.02. The first-order valence-electron chi connectivity index (χ1n) is 5.44. The molecule has 1 aromatic heterocycles. The monoisotopic (exact) mass is 225 g/mol. The zero-order valence-electron chi connectivity index (χ0n) is 10.1. The molecule has 1 heterocycles. The van der Waals surface area contributed by atoms with Gasteiger partial charge >= 0.3 is 0 Å². The summed E-state index contributed by atoms with van der Waals surface area (Å²) in [6.45, 7) is 2.17. The van der Waals surface area contributed by atoms with E-state index in [0.717, 1.165) is 18.7 Å². The maximum absolute atomic E-state index is 11.5. The van der Waals surface area contributed by atoms with Gasteiger partial charge in [0, 0.05) is 26.6 Å². The number of rotatable bonds is 6. The minimum atomic E-state index is -0.107. The summed E-state index contributed by atoms with van der Waals surface area (Å²) in [6, 6.07) is -0.0346. The molecule has 0 saturated carbocycles. The highest BCUT2D eigenvalue weighted by Gasteiger charge is 2.17. The Balaban J connectivity index is 2.68. The van der Waals surface area contributed by atoms with E-state index in [-0.39, 0.29) is 18.6 Å². The minimum Gasteiger partial charge on any atom is -0.375 e. The van der Waals surface area contributed by atoms with E-state index >= 15 is 0 Å². The average Bonchev–Trinajstić information content (AvgIpc) is 2.64. The fourth-order valence-corrected chi connectivity index (χ4v) is 1.63. The summed E-state index contributed by atoms with van der Waals surface area (Å²) in [5, 5.41) is 2.91. The van der Waals surface area contributed by atoms with Crippen LogP contribution in [0.25, 0.3) is 0 Å². The lowest BCUT2D eigenvalue weighted by Gasteiger charge is -2.17. The van der Waals surface area contributed by atoms with E-state index in [2.05, 4.69) is 17.2 Å². The number of hydrogen-bond acceptors (Lipinski definition) is 3. The summed E-state index contributed by atoms with van der Waals surface area (Å²) in [5.74, 6) is 0.773. The van der Waals surface area contributed by atoms with Crippen molar-refractivity contribution in [2.75, 3.05) is 13.7 Å². The van der Waals surface area contributed by atoms with Crippen molar-refractivity contribution in [1.82, 2.24) is 14.9 Å². The van der Waals surface area contributed by atoms with Gasteiger partial charge in [-0.3, -0.25) is 4.79 Å². The molecule has 0 aliphatic carbocycles. The number of ether oxygens (including phenoxy) is 1. The lowest BCUT2D eigenvalue weighted by atomic mass is 10.1. The number of aryl methyl sites for hydroxylation is 1. The van der Waals surface area contributed by atoms with Crippen LogP contribution < -0.4 is 5.32 Å². The summed E-state index contributed by atoms with van der Waals surface area (Å²) in [4.78, 5) is 15.7. The third-order valence-corrected chi connectivity index (χ3v) is 2.36. The van der Waals surface area contributed by atoms with Gasteiger partial charge in [-0.1, -0.05) is 13.3 Å². The predicted molar refractivity (Wildman–Crippen MR) is 60.9 cm³/mol. The number of imidazole rings is 1. The Morgan fingerprint density at radius 1 is 1.69 bits per heavy atom. The first-order chi connectivity index (χ1) is 7.69. The highest BCUT2D eigenvalue weighted by atomic mass is 16.5. The zero-order chi connectivity index (χ0) is 12.0. The normalized spacial score (nSPS) is 12.4. The first-order valence-corrected chi connectivity index (χ1v) is 5.44. The quantitative estimate of drug-likeness (QED) is 0.786. The van der Waals surface area contributed by atoms with Crippen molar-refractivity contribution in [3.8, 4) is 0 Å². The molecule has 1 aromatic rings. The molecule has 5 heteroatoms. The van der Waals surface area contributed by atoms with E-state index < -0.39 is 0 Å². The Bertz CT molecular complexity index is 336. The first kappa shape index (κ1) is 12.7. The van der Waals surface area contributed by atoms with Gasteiger partial charge in [-0.2, -0.15) is 0 Å². The molecule has 1 atom stereocenters. The topological polar surface area (TPSA) is 56.1 Å². The number of methoxy groups -OCH3 is 1. The molecular formula is C11H19N3O2. The number of carbonyl (C=O) groups is 1. The number of amides is 1. The maximum atomic E-state index is 11.5. The largest absolute Gasteiger partial charge is 0.375 e. The van der Waals surface area contributed by atoms with Crippen molar-refractivity contribution in [2.45, 2.75) is 25.8 Å². The van der Waals surface area contributed by atoms with E-state index in [1.165, 1.54) is 7.11 Å². The van der Waals surface area contributed by atoms with E-state index in [1.807, 2.05) is 17.8 Å². The van der Waals surface area contributed by atoms with Crippen LogP contribution in [0.3, 0.4) is 0 Å². The van der Waals surface area contributed by atoms with Crippen LogP contribution in [-0.4, -0.2) is 29.2 Å². The van der Waals surface area contributed by atoms with Crippen LogP contribution in [0.15, 0.2) is 12.4 Å². The van der Waals surface area contributed by atoms with Gasteiger partial charge in [0.1, 0.15) is 12.4 Å². The van der Waals surface area contributed by atoms with Gasteiger partial charge in [-0.05, 0) is 6.42 Å². The van der Waals surface area contributed by atoms with E-state index in [4.69, 9.17) is 4.74 Å². The van der Waals surface area contributed by atoms with E-state index in [0.29, 0.717) is 0 Å².